The molecular weight excluding hydrogens is 364 g/mol. The van der Waals surface area contributed by atoms with Crippen molar-refractivity contribution in [3.05, 3.63) is 65.6 Å². The summed E-state index contributed by atoms with van der Waals surface area (Å²) in [5.41, 5.74) is 2.92. The van der Waals surface area contributed by atoms with Gasteiger partial charge >= 0.3 is 0 Å². The highest BCUT2D eigenvalue weighted by molar-refractivity contribution is 5.71. The number of aliphatic imine (C=N–C) groups is 2. The van der Waals surface area contributed by atoms with Crippen LogP contribution in [-0.2, 0) is 6.42 Å². The lowest BCUT2D eigenvalue weighted by atomic mass is 10.00. The Balaban J connectivity index is 1.72. The molecule has 1 aliphatic heterocycles. The summed E-state index contributed by atoms with van der Waals surface area (Å²) in [4.78, 5) is 17.8. The van der Waals surface area contributed by atoms with Gasteiger partial charge in [0, 0.05) is 42.8 Å². The minimum absolute atomic E-state index is 0.0362. The lowest BCUT2D eigenvalue weighted by Gasteiger charge is -2.32. The van der Waals surface area contributed by atoms with Crippen molar-refractivity contribution < 1.29 is 8.78 Å². The molecule has 28 heavy (non-hydrogen) atoms. The number of rotatable bonds is 6. The van der Waals surface area contributed by atoms with E-state index < -0.39 is 6.43 Å². The summed E-state index contributed by atoms with van der Waals surface area (Å²) in [5.74, 6) is 0. The molecule has 9 heteroatoms. The number of aromatic amines is 1. The molecule has 3 aromatic heterocycles. The first kappa shape index (κ1) is 18.2. The summed E-state index contributed by atoms with van der Waals surface area (Å²) in [6.45, 7) is 4.55. The fourth-order valence-corrected chi connectivity index (χ4v) is 3.49. The Hall–Kier alpha value is -3.20. The molecule has 3 aromatic rings. The van der Waals surface area contributed by atoms with E-state index >= 15 is 0 Å². The van der Waals surface area contributed by atoms with Gasteiger partial charge in [-0.2, -0.15) is 5.10 Å². The first-order valence-electron chi connectivity index (χ1n) is 8.82. The molecule has 0 saturated heterocycles. The molecule has 0 amide bonds. The summed E-state index contributed by atoms with van der Waals surface area (Å²) in [5, 5.41) is 4.56. The molecular formula is C19H19F2N7. The van der Waals surface area contributed by atoms with Gasteiger partial charge in [0.15, 0.2) is 0 Å². The number of alkyl halides is 2. The number of halogens is 2. The number of fused-ring (bicyclic) bond motifs is 2. The van der Waals surface area contributed by atoms with E-state index in [1.165, 1.54) is 10.6 Å². The van der Waals surface area contributed by atoms with Gasteiger partial charge in [-0.25, -0.2) is 18.3 Å². The normalized spacial score (nSPS) is 17.9. The summed E-state index contributed by atoms with van der Waals surface area (Å²) < 4.78 is 28.3. The minimum atomic E-state index is -2.56. The van der Waals surface area contributed by atoms with Crippen molar-refractivity contribution in [1.82, 2.24) is 24.5 Å². The van der Waals surface area contributed by atoms with Gasteiger partial charge in [0.05, 0.1) is 29.9 Å². The maximum atomic E-state index is 13.4. The van der Waals surface area contributed by atoms with Crippen LogP contribution in [0, 0.1) is 0 Å². The van der Waals surface area contributed by atoms with Crippen molar-refractivity contribution in [2.24, 2.45) is 9.98 Å². The third-order valence-corrected chi connectivity index (χ3v) is 4.74. The number of nitrogens with zero attached hydrogens (tertiary/aromatic N) is 6. The summed E-state index contributed by atoms with van der Waals surface area (Å²) in [7, 11) is 0. The molecule has 144 valence electrons. The van der Waals surface area contributed by atoms with E-state index in [-0.39, 0.29) is 11.6 Å². The van der Waals surface area contributed by atoms with Crippen LogP contribution in [0.15, 0.2) is 53.0 Å². The fourth-order valence-electron chi connectivity index (χ4n) is 3.49. The number of hydrogen-bond acceptors (Lipinski definition) is 5. The van der Waals surface area contributed by atoms with Crippen LogP contribution >= 0.6 is 0 Å². The van der Waals surface area contributed by atoms with Crippen LogP contribution in [0.5, 0.6) is 0 Å². The lowest BCUT2D eigenvalue weighted by Crippen LogP contribution is -2.36. The predicted octanol–water partition coefficient (Wildman–Crippen LogP) is 3.19. The highest BCUT2D eigenvalue weighted by Crippen LogP contribution is 2.34. The second-order valence-electron chi connectivity index (χ2n) is 6.39. The van der Waals surface area contributed by atoms with E-state index in [2.05, 4.69) is 36.7 Å². The average Bonchev–Trinajstić information content (AvgIpc) is 3.33. The Morgan fingerprint density at radius 3 is 3.14 bits per heavy atom. The first-order valence-corrected chi connectivity index (χ1v) is 8.82. The second-order valence-corrected chi connectivity index (χ2v) is 6.39. The fraction of sp³-hybridized carbons (Fsp3) is 0.263. The van der Waals surface area contributed by atoms with Crippen molar-refractivity contribution in [3.8, 4) is 0 Å². The van der Waals surface area contributed by atoms with Crippen LogP contribution in [-0.4, -0.2) is 50.6 Å². The largest absolute Gasteiger partial charge is 0.348 e. The van der Waals surface area contributed by atoms with Crippen molar-refractivity contribution in [1.29, 1.82) is 0 Å². The van der Waals surface area contributed by atoms with E-state index in [9.17, 15) is 8.78 Å². The number of pyridine rings is 1. The molecule has 0 fully saturated rings. The SMILES string of the molecule is C=N/C=C\C=N/CN1CCc2[nH]cnc2C1c1cc2c(C(F)F)cccn2n1. The third kappa shape index (κ3) is 3.36. The van der Waals surface area contributed by atoms with Crippen LogP contribution in [0.1, 0.15) is 35.1 Å². The van der Waals surface area contributed by atoms with Gasteiger partial charge in [-0.15, -0.1) is 0 Å². The zero-order valence-corrected chi connectivity index (χ0v) is 15.0. The van der Waals surface area contributed by atoms with E-state index in [1.54, 1.807) is 43.1 Å². The second kappa shape index (κ2) is 7.81. The Bertz CT molecular complexity index is 1030. The molecule has 0 bridgehead atoms. The van der Waals surface area contributed by atoms with E-state index in [0.717, 1.165) is 24.4 Å². The smallest absolute Gasteiger partial charge is 0.265 e. The molecule has 0 aliphatic carbocycles. The van der Waals surface area contributed by atoms with Gasteiger partial charge in [0.2, 0.25) is 0 Å². The highest BCUT2D eigenvalue weighted by Gasteiger charge is 2.33. The highest BCUT2D eigenvalue weighted by atomic mass is 19.3. The number of aromatic nitrogens is 4. The monoisotopic (exact) mass is 383 g/mol. The number of H-pyrrole nitrogens is 1. The van der Waals surface area contributed by atoms with Crippen LogP contribution in [0.2, 0.25) is 0 Å². The summed E-state index contributed by atoms with van der Waals surface area (Å²) >= 11 is 0. The summed E-state index contributed by atoms with van der Waals surface area (Å²) in [6.07, 6.45) is 6.48. The molecule has 1 N–H and O–H groups in total. The topological polar surface area (TPSA) is 73.9 Å². The van der Waals surface area contributed by atoms with Crippen LogP contribution in [0.25, 0.3) is 5.52 Å². The van der Waals surface area contributed by atoms with Gasteiger partial charge in [-0.05, 0) is 31.0 Å². The molecule has 1 aliphatic rings. The molecule has 0 saturated carbocycles. The molecule has 4 rings (SSSR count). The average molecular weight is 383 g/mol. The van der Waals surface area contributed by atoms with Crippen molar-refractivity contribution in [2.45, 2.75) is 18.9 Å². The van der Waals surface area contributed by atoms with Crippen LogP contribution in [0.4, 0.5) is 8.78 Å². The number of imidazole rings is 1. The standard InChI is InChI=1S/C19H19F2N7/c1-22-6-3-7-23-12-27-9-5-14-17(25-11-24-14)18(27)15-10-16-13(19(20)21)4-2-8-28(16)26-15/h2-4,6-8,10-11,18-19H,1,5,9,12H2,(H,24,25)/b6-3-,23-7-. The van der Waals surface area contributed by atoms with E-state index in [1.807, 2.05) is 0 Å². The van der Waals surface area contributed by atoms with Gasteiger partial charge < -0.3 is 4.98 Å². The zero-order valence-electron chi connectivity index (χ0n) is 15.0. The van der Waals surface area contributed by atoms with Crippen molar-refractivity contribution in [2.75, 3.05) is 13.2 Å². The number of hydrogen-bond donors (Lipinski definition) is 1. The van der Waals surface area contributed by atoms with E-state index in [4.69, 9.17) is 0 Å². The molecule has 0 aromatic carbocycles. The number of allylic oxidation sites excluding steroid dienone is 1. The van der Waals surface area contributed by atoms with Gasteiger partial charge in [-0.3, -0.25) is 14.9 Å². The molecule has 0 radical (unpaired) electrons. The molecule has 7 nitrogen and oxygen atoms in total. The molecule has 1 unspecified atom stereocenters. The lowest BCUT2D eigenvalue weighted by molar-refractivity contribution is 0.152. The molecule has 1 atom stereocenters. The quantitative estimate of drug-likeness (QED) is 0.665. The molecule has 4 heterocycles. The Morgan fingerprint density at radius 1 is 1.43 bits per heavy atom. The van der Waals surface area contributed by atoms with Gasteiger partial charge in [0.1, 0.15) is 6.04 Å². The number of nitrogens with one attached hydrogen (secondary N) is 1. The summed E-state index contributed by atoms with van der Waals surface area (Å²) in [6, 6.07) is 4.45. The minimum Gasteiger partial charge on any atom is -0.348 e. The predicted molar refractivity (Wildman–Crippen MR) is 103 cm³/mol. The first-order chi connectivity index (χ1) is 13.7. The third-order valence-electron chi connectivity index (χ3n) is 4.74. The van der Waals surface area contributed by atoms with Crippen LogP contribution < -0.4 is 0 Å². The van der Waals surface area contributed by atoms with Crippen molar-refractivity contribution >= 4 is 18.4 Å². The Kier molecular flexibility index (Phi) is 5.07. The van der Waals surface area contributed by atoms with Crippen LogP contribution in [0.3, 0.4) is 0 Å². The van der Waals surface area contributed by atoms with Gasteiger partial charge in [0.25, 0.3) is 6.43 Å². The van der Waals surface area contributed by atoms with Gasteiger partial charge in [-0.1, -0.05) is 0 Å². The Morgan fingerprint density at radius 2 is 2.32 bits per heavy atom. The maximum absolute atomic E-state index is 13.4. The van der Waals surface area contributed by atoms with Crippen molar-refractivity contribution in [3.63, 3.8) is 0 Å². The Labute approximate surface area is 160 Å². The zero-order chi connectivity index (χ0) is 19.5. The van der Waals surface area contributed by atoms with E-state index in [0.29, 0.717) is 17.9 Å². The maximum Gasteiger partial charge on any atom is 0.265 e. The molecule has 0 spiro atoms.